The highest BCUT2D eigenvalue weighted by Gasteiger charge is 2.32. The van der Waals surface area contributed by atoms with Crippen LogP contribution in [0.4, 0.5) is 5.69 Å². The molecule has 0 aliphatic heterocycles. The summed E-state index contributed by atoms with van der Waals surface area (Å²) >= 11 is 0. The molecule has 1 N–H and O–H groups in total. The fourth-order valence-electron chi connectivity index (χ4n) is 3.92. The quantitative estimate of drug-likeness (QED) is 0.762. The van der Waals surface area contributed by atoms with Crippen LogP contribution >= 0.6 is 0 Å². The van der Waals surface area contributed by atoms with Crippen LogP contribution in [0.1, 0.15) is 50.5 Å². The Labute approximate surface area is 163 Å². The fraction of sp³-hybridized carbons (Fsp3) is 0.636. The van der Waals surface area contributed by atoms with Gasteiger partial charge in [0.1, 0.15) is 0 Å². The second-order valence-corrected chi connectivity index (χ2v) is 8.33. The zero-order chi connectivity index (χ0) is 19.2. The lowest BCUT2D eigenvalue weighted by Crippen LogP contribution is -2.44. The molecule has 0 saturated heterocycles. The van der Waals surface area contributed by atoms with Crippen LogP contribution in [0.5, 0.6) is 0 Å². The first kappa shape index (κ1) is 19.9. The summed E-state index contributed by atoms with van der Waals surface area (Å²) in [5.41, 5.74) is 1.92. The largest absolute Gasteiger partial charge is 0.335 e. The molecule has 1 aromatic rings. The molecule has 3 rings (SSSR count). The molecule has 0 radical (unpaired) electrons. The molecular formula is C22H33N3O2. The van der Waals surface area contributed by atoms with E-state index in [4.69, 9.17) is 0 Å². The smallest absolute Gasteiger partial charge is 0.243 e. The van der Waals surface area contributed by atoms with Gasteiger partial charge in [-0.15, -0.1) is 0 Å². The van der Waals surface area contributed by atoms with Gasteiger partial charge in [-0.3, -0.25) is 14.5 Å². The third-order valence-corrected chi connectivity index (χ3v) is 5.76. The van der Waals surface area contributed by atoms with Gasteiger partial charge in [-0.05, 0) is 50.7 Å². The fourth-order valence-corrected chi connectivity index (χ4v) is 3.92. The van der Waals surface area contributed by atoms with E-state index in [1.807, 2.05) is 31.2 Å². The van der Waals surface area contributed by atoms with Crippen LogP contribution in [-0.4, -0.2) is 54.3 Å². The van der Waals surface area contributed by atoms with E-state index in [-0.39, 0.29) is 18.4 Å². The Morgan fingerprint density at radius 1 is 1.00 bits per heavy atom. The van der Waals surface area contributed by atoms with Crippen molar-refractivity contribution < 1.29 is 9.59 Å². The minimum atomic E-state index is -0.153. The minimum absolute atomic E-state index is 0.0387. The normalized spacial score (nSPS) is 17.7. The molecule has 2 saturated carbocycles. The van der Waals surface area contributed by atoms with Crippen LogP contribution in [0, 0.1) is 12.8 Å². The Hall–Kier alpha value is -1.88. The van der Waals surface area contributed by atoms with Gasteiger partial charge < -0.3 is 10.2 Å². The summed E-state index contributed by atoms with van der Waals surface area (Å²) in [7, 11) is 1.72. The summed E-state index contributed by atoms with van der Waals surface area (Å²) in [5.74, 6) is 0.624. The van der Waals surface area contributed by atoms with Crippen LogP contribution in [0.25, 0.3) is 0 Å². The number of aryl methyl sites for hydroxylation is 1. The zero-order valence-corrected chi connectivity index (χ0v) is 16.7. The van der Waals surface area contributed by atoms with Crippen molar-refractivity contribution in [3.63, 3.8) is 0 Å². The van der Waals surface area contributed by atoms with Gasteiger partial charge >= 0.3 is 0 Å². The van der Waals surface area contributed by atoms with Gasteiger partial charge in [0, 0.05) is 25.3 Å². The molecule has 0 spiro atoms. The molecule has 0 atom stereocenters. The van der Waals surface area contributed by atoms with Crippen LogP contribution in [-0.2, 0) is 9.59 Å². The summed E-state index contributed by atoms with van der Waals surface area (Å²) in [5, 5.41) is 2.86. The van der Waals surface area contributed by atoms with Gasteiger partial charge in [0.15, 0.2) is 0 Å². The lowest BCUT2D eigenvalue weighted by molar-refractivity contribution is -0.134. The second-order valence-electron chi connectivity index (χ2n) is 8.33. The standard InChI is InChI=1S/C22H33N3O2/c1-17-8-10-19(11-9-17)23-21(26)15-24(2)22(27)16-25(20-12-13-20)14-18-6-4-3-5-7-18/h8-11,18,20H,3-7,12-16H2,1-2H3,(H,23,26). The molecule has 5 heteroatoms. The van der Waals surface area contributed by atoms with Crippen LogP contribution < -0.4 is 5.32 Å². The maximum atomic E-state index is 12.7. The number of amides is 2. The Bertz CT molecular complexity index is 633. The third kappa shape index (κ3) is 6.35. The number of carbonyl (C=O) groups excluding carboxylic acids is 2. The maximum Gasteiger partial charge on any atom is 0.243 e. The predicted octanol–water partition coefficient (Wildman–Crippen LogP) is 3.44. The SMILES string of the molecule is Cc1ccc(NC(=O)CN(C)C(=O)CN(CC2CCCCC2)C2CC2)cc1. The first-order chi connectivity index (χ1) is 13.0. The highest BCUT2D eigenvalue weighted by Crippen LogP contribution is 2.31. The van der Waals surface area contributed by atoms with Crippen LogP contribution in [0.2, 0.25) is 0 Å². The summed E-state index contributed by atoms with van der Waals surface area (Å²) in [4.78, 5) is 28.8. The lowest BCUT2D eigenvalue weighted by Gasteiger charge is -2.30. The van der Waals surface area contributed by atoms with E-state index >= 15 is 0 Å². The average Bonchev–Trinajstić information content (AvgIpc) is 3.49. The summed E-state index contributed by atoms with van der Waals surface area (Å²) in [6.45, 7) is 3.58. The number of benzene rings is 1. The van der Waals surface area contributed by atoms with Crippen LogP contribution in [0.3, 0.4) is 0 Å². The molecule has 27 heavy (non-hydrogen) atoms. The molecule has 2 fully saturated rings. The highest BCUT2D eigenvalue weighted by molar-refractivity contribution is 5.94. The first-order valence-corrected chi connectivity index (χ1v) is 10.4. The van der Waals surface area contributed by atoms with E-state index in [0.29, 0.717) is 12.6 Å². The molecule has 1 aromatic carbocycles. The number of hydrogen-bond donors (Lipinski definition) is 1. The van der Waals surface area contributed by atoms with Gasteiger partial charge in [0.2, 0.25) is 11.8 Å². The van der Waals surface area contributed by atoms with Crippen molar-refractivity contribution in [2.45, 2.75) is 57.9 Å². The number of hydrogen-bond acceptors (Lipinski definition) is 3. The van der Waals surface area contributed by atoms with Crippen molar-refractivity contribution >= 4 is 17.5 Å². The Morgan fingerprint density at radius 2 is 1.67 bits per heavy atom. The van der Waals surface area contributed by atoms with E-state index in [9.17, 15) is 9.59 Å². The molecule has 2 amide bonds. The Morgan fingerprint density at radius 3 is 2.30 bits per heavy atom. The minimum Gasteiger partial charge on any atom is -0.335 e. The number of nitrogens with one attached hydrogen (secondary N) is 1. The van der Waals surface area contributed by atoms with Crippen molar-refractivity contribution in [3.05, 3.63) is 29.8 Å². The average molecular weight is 372 g/mol. The molecule has 148 valence electrons. The van der Waals surface area contributed by atoms with E-state index in [1.165, 1.54) is 44.9 Å². The van der Waals surface area contributed by atoms with Crippen molar-refractivity contribution in [2.75, 3.05) is 32.0 Å². The van der Waals surface area contributed by atoms with Gasteiger partial charge in [0.05, 0.1) is 13.1 Å². The summed E-state index contributed by atoms with van der Waals surface area (Å²) in [6.07, 6.45) is 9.03. The number of carbonyl (C=O) groups is 2. The van der Waals surface area contributed by atoms with Crippen molar-refractivity contribution in [3.8, 4) is 0 Å². The monoisotopic (exact) mass is 371 g/mol. The Balaban J connectivity index is 1.46. The summed E-state index contributed by atoms with van der Waals surface area (Å²) < 4.78 is 0. The molecule has 0 heterocycles. The topological polar surface area (TPSA) is 52.7 Å². The van der Waals surface area contributed by atoms with Gasteiger partial charge in [0.25, 0.3) is 0 Å². The molecular weight excluding hydrogens is 338 g/mol. The number of nitrogens with zero attached hydrogens (tertiary/aromatic N) is 2. The van der Waals surface area contributed by atoms with Crippen molar-refractivity contribution in [1.29, 1.82) is 0 Å². The van der Waals surface area contributed by atoms with Gasteiger partial charge in [-0.25, -0.2) is 0 Å². The number of rotatable bonds is 8. The molecule has 0 unspecified atom stereocenters. The van der Waals surface area contributed by atoms with E-state index in [0.717, 1.165) is 23.7 Å². The number of anilines is 1. The molecule has 0 bridgehead atoms. The first-order valence-electron chi connectivity index (χ1n) is 10.4. The highest BCUT2D eigenvalue weighted by atomic mass is 16.2. The van der Waals surface area contributed by atoms with Crippen molar-refractivity contribution in [2.24, 2.45) is 5.92 Å². The number of likely N-dealkylation sites (N-methyl/N-ethyl adjacent to an activating group) is 1. The zero-order valence-electron chi connectivity index (χ0n) is 16.7. The summed E-state index contributed by atoms with van der Waals surface area (Å²) in [6, 6.07) is 8.26. The second kappa shape index (κ2) is 9.36. The molecule has 2 aliphatic rings. The van der Waals surface area contributed by atoms with E-state index in [2.05, 4.69) is 10.2 Å². The van der Waals surface area contributed by atoms with Crippen molar-refractivity contribution in [1.82, 2.24) is 9.80 Å². The third-order valence-electron chi connectivity index (χ3n) is 5.76. The predicted molar refractivity (Wildman–Crippen MR) is 109 cm³/mol. The molecule has 2 aliphatic carbocycles. The Kier molecular flexibility index (Phi) is 6.89. The molecule has 5 nitrogen and oxygen atoms in total. The lowest BCUT2D eigenvalue weighted by atomic mass is 9.89. The van der Waals surface area contributed by atoms with E-state index in [1.54, 1.807) is 11.9 Å². The van der Waals surface area contributed by atoms with E-state index < -0.39 is 0 Å². The van der Waals surface area contributed by atoms with Crippen LogP contribution in [0.15, 0.2) is 24.3 Å². The van der Waals surface area contributed by atoms with Gasteiger partial charge in [-0.2, -0.15) is 0 Å². The van der Waals surface area contributed by atoms with Gasteiger partial charge in [-0.1, -0.05) is 37.0 Å². The maximum absolute atomic E-state index is 12.7. The molecule has 0 aromatic heterocycles.